The summed E-state index contributed by atoms with van der Waals surface area (Å²) in [5, 5.41) is 0.808. The Hall–Kier alpha value is -3.19. The van der Waals surface area contributed by atoms with Crippen molar-refractivity contribution in [3.05, 3.63) is 86.0 Å². The van der Waals surface area contributed by atoms with Crippen LogP contribution in [0.5, 0.6) is 11.6 Å². The molecule has 1 aliphatic heterocycles. The summed E-state index contributed by atoms with van der Waals surface area (Å²) in [4.78, 5) is 32.9. The standard InChI is InChI=1S/C22H16BrN3O3/c1-11-24-21(28)18-17(13-6-5-7-14(23)10-13)19-20(29-22(18)25-11)15-8-3-4-9-16(15)26(19)12(2)27/h3-10,17H,1-2H3,(H,24,25,28). The molecule has 3 heterocycles. The van der Waals surface area contributed by atoms with Crippen molar-refractivity contribution in [2.75, 3.05) is 0 Å². The van der Waals surface area contributed by atoms with Crippen molar-refractivity contribution in [3.63, 3.8) is 0 Å². The van der Waals surface area contributed by atoms with E-state index >= 15 is 0 Å². The quantitative estimate of drug-likeness (QED) is 0.400. The lowest BCUT2D eigenvalue weighted by Crippen LogP contribution is -2.27. The van der Waals surface area contributed by atoms with Crippen LogP contribution in [0.2, 0.25) is 0 Å². The minimum absolute atomic E-state index is 0.147. The molecule has 4 aromatic rings. The number of aryl methyl sites for hydroxylation is 1. The number of carbonyl (C=O) groups excluding carboxylic acids is 1. The summed E-state index contributed by atoms with van der Waals surface area (Å²) >= 11 is 3.51. The molecule has 29 heavy (non-hydrogen) atoms. The van der Waals surface area contributed by atoms with Crippen molar-refractivity contribution in [3.8, 4) is 11.6 Å². The number of hydrogen-bond acceptors (Lipinski definition) is 4. The summed E-state index contributed by atoms with van der Waals surface area (Å²) in [5.41, 5.74) is 2.37. The number of fused-ring (bicyclic) bond motifs is 4. The predicted molar refractivity (Wildman–Crippen MR) is 113 cm³/mol. The predicted octanol–water partition coefficient (Wildman–Crippen LogP) is 4.74. The Kier molecular flexibility index (Phi) is 3.96. The normalized spacial score (nSPS) is 14.9. The number of aromatic nitrogens is 3. The van der Waals surface area contributed by atoms with Gasteiger partial charge in [-0.05, 0) is 36.8 Å². The molecule has 1 aliphatic rings. The number of nitrogens with one attached hydrogen (secondary N) is 1. The molecule has 0 bridgehead atoms. The number of carbonyl (C=O) groups is 1. The summed E-state index contributed by atoms with van der Waals surface area (Å²) in [6, 6.07) is 15.3. The van der Waals surface area contributed by atoms with Gasteiger partial charge < -0.3 is 9.72 Å². The first kappa shape index (κ1) is 17.9. The van der Waals surface area contributed by atoms with Gasteiger partial charge in [0.2, 0.25) is 11.8 Å². The minimum atomic E-state index is -0.501. The molecule has 0 radical (unpaired) electrons. The molecular formula is C22H16BrN3O3. The van der Waals surface area contributed by atoms with E-state index in [2.05, 4.69) is 25.9 Å². The number of aromatic amines is 1. The first-order valence-corrected chi connectivity index (χ1v) is 9.93. The molecule has 144 valence electrons. The maximum atomic E-state index is 13.0. The average Bonchev–Trinajstić information content (AvgIpc) is 3.00. The molecule has 2 aromatic heterocycles. The SMILES string of the molecule is CC(=O)n1c2c(c3ccccc31)Oc1nc(C)[nH]c(=O)c1C2c1cccc(Br)c1. The number of halogens is 1. The Labute approximate surface area is 174 Å². The number of nitrogens with zero attached hydrogens (tertiary/aromatic N) is 2. The second-order valence-corrected chi connectivity index (χ2v) is 7.96. The van der Waals surface area contributed by atoms with E-state index in [0.717, 1.165) is 20.9 Å². The average molecular weight is 450 g/mol. The number of ether oxygens (including phenoxy) is 1. The zero-order chi connectivity index (χ0) is 20.3. The number of benzene rings is 2. The molecule has 0 aliphatic carbocycles. The van der Waals surface area contributed by atoms with Gasteiger partial charge in [-0.15, -0.1) is 0 Å². The lowest BCUT2D eigenvalue weighted by atomic mass is 9.87. The van der Waals surface area contributed by atoms with Crippen molar-refractivity contribution < 1.29 is 9.53 Å². The van der Waals surface area contributed by atoms with E-state index in [9.17, 15) is 9.59 Å². The maximum absolute atomic E-state index is 13.0. The van der Waals surface area contributed by atoms with Gasteiger partial charge in [0.25, 0.3) is 5.56 Å². The molecule has 1 N–H and O–H groups in total. The molecule has 0 saturated heterocycles. The van der Waals surface area contributed by atoms with Gasteiger partial charge in [0.1, 0.15) is 5.82 Å². The van der Waals surface area contributed by atoms with Crippen molar-refractivity contribution >= 4 is 32.7 Å². The summed E-state index contributed by atoms with van der Waals surface area (Å²) < 4.78 is 8.67. The Balaban J connectivity index is 1.95. The minimum Gasteiger partial charge on any atom is -0.436 e. The van der Waals surface area contributed by atoms with E-state index in [1.807, 2.05) is 48.5 Å². The van der Waals surface area contributed by atoms with Crippen LogP contribution in [0.1, 0.15) is 40.3 Å². The summed E-state index contributed by atoms with van der Waals surface area (Å²) in [6.07, 6.45) is 0. The van der Waals surface area contributed by atoms with Gasteiger partial charge in [-0.3, -0.25) is 14.2 Å². The van der Waals surface area contributed by atoms with Crippen LogP contribution < -0.4 is 10.3 Å². The third-order valence-electron chi connectivity index (χ3n) is 5.16. The smallest absolute Gasteiger partial charge is 0.258 e. The van der Waals surface area contributed by atoms with Crippen LogP contribution in [0.15, 0.2) is 57.8 Å². The van der Waals surface area contributed by atoms with Gasteiger partial charge in [-0.1, -0.05) is 40.2 Å². The van der Waals surface area contributed by atoms with Gasteiger partial charge in [0, 0.05) is 16.8 Å². The van der Waals surface area contributed by atoms with Crippen LogP contribution in [0.25, 0.3) is 10.9 Å². The van der Waals surface area contributed by atoms with Crippen molar-refractivity contribution in [1.82, 2.24) is 14.5 Å². The second-order valence-electron chi connectivity index (χ2n) is 7.05. The Morgan fingerprint density at radius 3 is 2.76 bits per heavy atom. The molecule has 5 rings (SSSR count). The highest BCUT2D eigenvalue weighted by molar-refractivity contribution is 9.10. The Morgan fingerprint density at radius 2 is 2.00 bits per heavy atom. The van der Waals surface area contributed by atoms with Gasteiger partial charge in [0.05, 0.1) is 22.7 Å². The third kappa shape index (κ3) is 2.65. The van der Waals surface area contributed by atoms with Crippen LogP contribution >= 0.6 is 15.9 Å². The van der Waals surface area contributed by atoms with Crippen molar-refractivity contribution in [2.45, 2.75) is 19.8 Å². The van der Waals surface area contributed by atoms with Gasteiger partial charge in [0.15, 0.2) is 5.75 Å². The number of hydrogen-bond donors (Lipinski definition) is 1. The van der Waals surface area contributed by atoms with Crippen LogP contribution in [0.4, 0.5) is 0 Å². The molecular weight excluding hydrogens is 434 g/mol. The van der Waals surface area contributed by atoms with E-state index in [1.54, 1.807) is 11.5 Å². The molecule has 0 spiro atoms. The lowest BCUT2D eigenvalue weighted by Gasteiger charge is -2.26. The fourth-order valence-electron chi connectivity index (χ4n) is 4.08. The van der Waals surface area contributed by atoms with E-state index in [4.69, 9.17) is 4.74 Å². The lowest BCUT2D eigenvalue weighted by molar-refractivity contribution is 0.0937. The molecule has 1 unspecified atom stereocenters. The van der Waals surface area contributed by atoms with E-state index < -0.39 is 5.92 Å². The van der Waals surface area contributed by atoms with Gasteiger partial charge >= 0.3 is 0 Å². The first-order valence-electron chi connectivity index (χ1n) is 9.14. The summed E-state index contributed by atoms with van der Waals surface area (Å²) in [7, 11) is 0. The summed E-state index contributed by atoms with van der Waals surface area (Å²) in [5.74, 6) is 0.659. The zero-order valence-electron chi connectivity index (χ0n) is 15.7. The van der Waals surface area contributed by atoms with Crippen LogP contribution in [-0.4, -0.2) is 20.4 Å². The third-order valence-corrected chi connectivity index (χ3v) is 5.65. The van der Waals surface area contributed by atoms with Crippen LogP contribution in [-0.2, 0) is 0 Å². The fourth-order valence-corrected chi connectivity index (χ4v) is 4.50. The van der Waals surface area contributed by atoms with Gasteiger partial charge in [-0.2, -0.15) is 4.98 Å². The molecule has 6 nitrogen and oxygen atoms in total. The monoisotopic (exact) mass is 449 g/mol. The van der Waals surface area contributed by atoms with Crippen LogP contribution in [0.3, 0.4) is 0 Å². The largest absolute Gasteiger partial charge is 0.436 e. The summed E-state index contributed by atoms with van der Waals surface area (Å²) in [6.45, 7) is 3.23. The molecule has 0 fully saturated rings. The van der Waals surface area contributed by atoms with Crippen molar-refractivity contribution in [1.29, 1.82) is 0 Å². The fraction of sp³-hybridized carbons (Fsp3) is 0.136. The highest BCUT2D eigenvalue weighted by atomic mass is 79.9. The van der Waals surface area contributed by atoms with Crippen LogP contribution in [0, 0.1) is 6.92 Å². The maximum Gasteiger partial charge on any atom is 0.258 e. The van der Waals surface area contributed by atoms with E-state index in [-0.39, 0.29) is 17.3 Å². The highest BCUT2D eigenvalue weighted by Crippen LogP contribution is 2.49. The topological polar surface area (TPSA) is 77.0 Å². The van der Waals surface area contributed by atoms with Gasteiger partial charge in [-0.25, -0.2) is 0 Å². The molecule has 7 heteroatoms. The Morgan fingerprint density at radius 1 is 1.21 bits per heavy atom. The highest BCUT2D eigenvalue weighted by Gasteiger charge is 2.38. The second kappa shape index (κ2) is 6.42. The van der Waals surface area contributed by atoms with E-state index in [0.29, 0.717) is 22.8 Å². The Bertz CT molecular complexity index is 1370. The number of H-pyrrole nitrogens is 1. The van der Waals surface area contributed by atoms with Crippen molar-refractivity contribution in [2.24, 2.45) is 0 Å². The number of para-hydroxylation sites is 1. The number of rotatable bonds is 1. The first-order chi connectivity index (χ1) is 14.0. The molecule has 2 aromatic carbocycles. The molecule has 0 saturated carbocycles. The zero-order valence-corrected chi connectivity index (χ0v) is 17.3. The molecule has 0 amide bonds. The van der Waals surface area contributed by atoms with E-state index in [1.165, 1.54) is 6.92 Å². The molecule has 1 atom stereocenters.